The maximum absolute atomic E-state index is 12.7. The maximum atomic E-state index is 12.7. The Hall–Kier alpha value is -1.36. The molecule has 29 heavy (non-hydrogen) atoms. The lowest BCUT2D eigenvalue weighted by atomic mass is 9.72. The van der Waals surface area contributed by atoms with Crippen LogP contribution < -0.4 is 5.32 Å². The number of rotatable bonds is 8. The lowest BCUT2D eigenvalue weighted by Gasteiger charge is -2.37. The highest BCUT2D eigenvalue weighted by Crippen LogP contribution is 2.34. The van der Waals surface area contributed by atoms with Gasteiger partial charge in [0.1, 0.15) is 5.60 Å². The number of carbonyl (C=O) groups is 2. The first-order valence-corrected chi connectivity index (χ1v) is 11.0. The van der Waals surface area contributed by atoms with Crippen LogP contribution in [0.4, 0.5) is 0 Å². The summed E-state index contributed by atoms with van der Waals surface area (Å²) in [5.41, 5.74) is -0.515. The smallest absolute Gasteiger partial charge is 0.293 e. The van der Waals surface area contributed by atoms with E-state index < -0.39 is 0 Å². The highest BCUT2D eigenvalue weighted by Gasteiger charge is 2.38. The summed E-state index contributed by atoms with van der Waals surface area (Å²) in [6.45, 7) is 25.2. The van der Waals surface area contributed by atoms with Crippen molar-refractivity contribution >= 4 is 12.4 Å². The minimum absolute atomic E-state index is 0.239. The van der Waals surface area contributed by atoms with Gasteiger partial charge < -0.3 is 15.0 Å². The summed E-state index contributed by atoms with van der Waals surface area (Å²) < 4.78 is 4.70. The van der Waals surface area contributed by atoms with Gasteiger partial charge in [-0.1, -0.05) is 41.5 Å². The Kier molecular flexibility index (Phi) is 15.0. The molecule has 1 atom stereocenters. The molecule has 0 aromatic carbocycles. The summed E-state index contributed by atoms with van der Waals surface area (Å²) >= 11 is 0. The summed E-state index contributed by atoms with van der Waals surface area (Å²) in [4.78, 5) is 24.8. The van der Waals surface area contributed by atoms with Gasteiger partial charge in [0.05, 0.1) is 0 Å². The maximum Gasteiger partial charge on any atom is 0.293 e. The Morgan fingerprint density at radius 2 is 1.66 bits per heavy atom. The lowest BCUT2D eigenvalue weighted by Crippen LogP contribution is -2.50. The minimum atomic E-state index is -0.276. The Morgan fingerprint density at radius 3 is 1.97 bits per heavy atom. The van der Waals surface area contributed by atoms with E-state index in [-0.39, 0.29) is 16.9 Å². The standard InChI is InChI=1S/C16H32N2O.C6H12O2.C2H4/c1-12(2)11-16(5,13(3)4)15(19)17-14-7-9-18(6)10-8-14;1-4-6(2,3)8-5-7;1-2/h12-14H,7-11H2,1-6H3,(H,17,19);5H,4H2,1-3H3;1-2H2. The highest BCUT2D eigenvalue weighted by molar-refractivity contribution is 5.82. The highest BCUT2D eigenvalue weighted by atomic mass is 16.5. The minimum Gasteiger partial charge on any atom is -0.462 e. The van der Waals surface area contributed by atoms with E-state index in [1.165, 1.54) is 0 Å². The SMILES string of the molecule is C=C.CC(C)CC(C)(C(=O)NC1CCN(C)CC1)C(C)C.CCC(C)(C)OC=O. The zero-order valence-electron chi connectivity index (χ0n) is 20.6. The second kappa shape index (κ2) is 14.6. The predicted molar refractivity (Wildman–Crippen MR) is 124 cm³/mol. The lowest BCUT2D eigenvalue weighted by molar-refractivity contribution is -0.140. The third-order valence-electron chi connectivity index (χ3n) is 5.90. The molecular formula is C24H48N2O3. The molecule has 0 bridgehead atoms. The van der Waals surface area contributed by atoms with Crippen molar-refractivity contribution in [1.29, 1.82) is 0 Å². The Balaban J connectivity index is 0. The molecule has 0 saturated carbocycles. The van der Waals surface area contributed by atoms with Crippen molar-refractivity contribution in [2.75, 3.05) is 20.1 Å². The molecule has 1 heterocycles. The van der Waals surface area contributed by atoms with Crippen molar-refractivity contribution in [3.63, 3.8) is 0 Å². The van der Waals surface area contributed by atoms with Gasteiger partial charge in [-0.25, -0.2) is 0 Å². The van der Waals surface area contributed by atoms with Crippen LogP contribution >= 0.6 is 0 Å². The number of hydrogen-bond acceptors (Lipinski definition) is 4. The molecule has 1 unspecified atom stereocenters. The topological polar surface area (TPSA) is 58.6 Å². The van der Waals surface area contributed by atoms with Gasteiger partial charge in [0.2, 0.25) is 5.91 Å². The Morgan fingerprint density at radius 1 is 1.17 bits per heavy atom. The Labute approximate surface area is 180 Å². The van der Waals surface area contributed by atoms with Crippen LogP contribution in [0.25, 0.3) is 0 Å². The molecule has 1 aliphatic rings. The van der Waals surface area contributed by atoms with Crippen molar-refractivity contribution in [3.8, 4) is 0 Å². The van der Waals surface area contributed by atoms with E-state index >= 15 is 0 Å². The van der Waals surface area contributed by atoms with Crippen molar-refractivity contribution in [1.82, 2.24) is 10.2 Å². The Bertz CT molecular complexity index is 455. The summed E-state index contributed by atoms with van der Waals surface area (Å²) in [5.74, 6) is 1.18. The van der Waals surface area contributed by atoms with Crippen LogP contribution in [0.5, 0.6) is 0 Å². The van der Waals surface area contributed by atoms with Crippen LogP contribution in [0.2, 0.25) is 0 Å². The van der Waals surface area contributed by atoms with Gasteiger partial charge in [0.25, 0.3) is 6.47 Å². The quantitative estimate of drug-likeness (QED) is 0.447. The first kappa shape index (κ1) is 29.8. The van der Waals surface area contributed by atoms with E-state index in [4.69, 9.17) is 4.74 Å². The third kappa shape index (κ3) is 12.0. The molecule has 1 N–H and O–H groups in total. The zero-order chi connectivity index (χ0) is 23.3. The number of carbonyl (C=O) groups excluding carboxylic acids is 2. The molecular weight excluding hydrogens is 364 g/mol. The fourth-order valence-electron chi connectivity index (χ4n) is 3.16. The largest absolute Gasteiger partial charge is 0.462 e. The van der Waals surface area contributed by atoms with Crippen LogP contribution in [0.1, 0.15) is 81.1 Å². The van der Waals surface area contributed by atoms with E-state index in [1.54, 1.807) is 0 Å². The van der Waals surface area contributed by atoms with Crippen LogP contribution in [0.15, 0.2) is 13.2 Å². The monoisotopic (exact) mass is 412 g/mol. The second-order valence-electron chi connectivity index (χ2n) is 9.55. The van der Waals surface area contributed by atoms with Gasteiger partial charge in [-0.2, -0.15) is 0 Å². The second-order valence-corrected chi connectivity index (χ2v) is 9.55. The number of nitrogens with zero attached hydrogens (tertiary/aromatic N) is 1. The predicted octanol–water partition coefficient (Wildman–Crippen LogP) is 5.06. The van der Waals surface area contributed by atoms with Gasteiger partial charge >= 0.3 is 0 Å². The molecule has 1 saturated heterocycles. The van der Waals surface area contributed by atoms with Crippen LogP contribution in [0.3, 0.4) is 0 Å². The summed E-state index contributed by atoms with van der Waals surface area (Å²) in [7, 11) is 2.15. The normalized spacial score (nSPS) is 17.3. The van der Waals surface area contributed by atoms with Gasteiger partial charge in [-0.15, -0.1) is 13.2 Å². The third-order valence-corrected chi connectivity index (χ3v) is 5.90. The molecule has 5 nitrogen and oxygen atoms in total. The number of amides is 1. The summed E-state index contributed by atoms with van der Waals surface area (Å²) in [5, 5.41) is 3.30. The average molecular weight is 413 g/mol. The number of piperidine rings is 1. The van der Waals surface area contributed by atoms with Gasteiger partial charge in [0, 0.05) is 11.5 Å². The van der Waals surface area contributed by atoms with Crippen LogP contribution in [-0.2, 0) is 14.3 Å². The number of likely N-dealkylation sites (tertiary alicyclic amines) is 1. The number of hydrogen-bond donors (Lipinski definition) is 1. The van der Waals surface area contributed by atoms with E-state index in [2.05, 4.69) is 65.0 Å². The summed E-state index contributed by atoms with van der Waals surface area (Å²) in [6, 6.07) is 0.369. The molecule has 1 rings (SSSR count). The fourth-order valence-corrected chi connectivity index (χ4v) is 3.16. The molecule has 0 aliphatic carbocycles. The molecule has 5 heteroatoms. The average Bonchev–Trinajstić information content (AvgIpc) is 2.65. The van der Waals surface area contributed by atoms with E-state index in [0.29, 0.717) is 24.3 Å². The van der Waals surface area contributed by atoms with Crippen molar-refractivity contribution in [2.45, 2.75) is 92.7 Å². The first-order chi connectivity index (χ1) is 13.4. The number of ether oxygens (including phenoxy) is 1. The zero-order valence-corrected chi connectivity index (χ0v) is 20.6. The van der Waals surface area contributed by atoms with E-state index in [9.17, 15) is 9.59 Å². The fraction of sp³-hybridized carbons (Fsp3) is 0.833. The molecule has 1 fully saturated rings. The molecule has 1 amide bonds. The van der Waals surface area contributed by atoms with Crippen molar-refractivity contribution in [3.05, 3.63) is 13.2 Å². The number of nitrogens with one attached hydrogen (secondary N) is 1. The van der Waals surface area contributed by atoms with Gasteiger partial charge in [0.15, 0.2) is 0 Å². The molecule has 0 aromatic heterocycles. The molecule has 1 aliphatic heterocycles. The van der Waals surface area contributed by atoms with Crippen LogP contribution in [0, 0.1) is 17.3 Å². The van der Waals surface area contributed by atoms with E-state index in [1.807, 2.05) is 20.8 Å². The van der Waals surface area contributed by atoms with Crippen LogP contribution in [-0.4, -0.2) is 49.1 Å². The molecule has 0 radical (unpaired) electrons. The summed E-state index contributed by atoms with van der Waals surface area (Å²) in [6.07, 6.45) is 3.98. The van der Waals surface area contributed by atoms with Gasteiger partial charge in [-0.3, -0.25) is 9.59 Å². The van der Waals surface area contributed by atoms with Gasteiger partial charge in [-0.05, 0) is 71.5 Å². The molecule has 172 valence electrons. The van der Waals surface area contributed by atoms with E-state index in [0.717, 1.165) is 38.8 Å². The van der Waals surface area contributed by atoms with Crippen molar-refractivity contribution < 1.29 is 14.3 Å². The molecule has 0 spiro atoms. The first-order valence-electron chi connectivity index (χ1n) is 11.0. The van der Waals surface area contributed by atoms with Crippen molar-refractivity contribution in [2.24, 2.45) is 17.3 Å². The molecule has 0 aromatic rings.